The van der Waals surface area contributed by atoms with Crippen molar-refractivity contribution in [2.24, 2.45) is 0 Å². The Hall–Kier alpha value is -2.50. The average molecular weight is 337 g/mol. The highest BCUT2D eigenvalue weighted by Crippen LogP contribution is 2.30. The number of carbonyl (C=O) groups is 1. The summed E-state index contributed by atoms with van der Waals surface area (Å²) in [5, 5.41) is 2.40. The van der Waals surface area contributed by atoms with Crippen molar-refractivity contribution >= 4 is 11.6 Å². The van der Waals surface area contributed by atoms with Gasteiger partial charge in [-0.05, 0) is 41.8 Å². The Morgan fingerprint density at radius 1 is 1.12 bits per heavy atom. The van der Waals surface area contributed by atoms with Crippen LogP contribution in [-0.2, 0) is 11.0 Å². The monoisotopic (exact) mass is 337 g/mol. The molecule has 0 aliphatic heterocycles. The highest BCUT2D eigenvalue weighted by atomic mass is 19.4. The minimum Gasteiger partial charge on any atom is -0.484 e. The molecule has 0 unspecified atom stereocenters. The molecule has 0 fully saturated rings. The van der Waals surface area contributed by atoms with Gasteiger partial charge < -0.3 is 10.1 Å². The third-order valence-corrected chi connectivity index (χ3v) is 3.37. The van der Waals surface area contributed by atoms with Crippen LogP contribution in [0.3, 0.4) is 0 Å². The van der Waals surface area contributed by atoms with Crippen LogP contribution in [0.4, 0.5) is 18.9 Å². The van der Waals surface area contributed by atoms with E-state index in [1.165, 1.54) is 12.1 Å². The lowest BCUT2D eigenvalue weighted by atomic mass is 10.0. The summed E-state index contributed by atoms with van der Waals surface area (Å²) in [6, 6.07) is 11.8. The molecule has 0 bridgehead atoms. The molecule has 2 aromatic carbocycles. The van der Waals surface area contributed by atoms with Gasteiger partial charge in [0.15, 0.2) is 6.61 Å². The molecule has 1 amide bonds. The van der Waals surface area contributed by atoms with E-state index in [1.54, 1.807) is 6.07 Å². The number of nitrogens with one attached hydrogen (secondary N) is 1. The van der Waals surface area contributed by atoms with Crippen LogP contribution < -0.4 is 10.1 Å². The van der Waals surface area contributed by atoms with Crippen molar-refractivity contribution in [1.29, 1.82) is 0 Å². The largest absolute Gasteiger partial charge is 0.484 e. The van der Waals surface area contributed by atoms with Gasteiger partial charge in [-0.3, -0.25) is 4.79 Å². The predicted octanol–water partition coefficient (Wildman–Crippen LogP) is 4.85. The van der Waals surface area contributed by atoms with Crippen LogP contribution in [0, 0.1) is 0 Å². The van der Waals surface area contributed by atoms with Gasteiger partial charge >= 0.3 is 6.18 Å². The van der Waals surface area contributed by atoms with Crippen LogP contribution >= 0.6 is 0 Å². The van der Waals surface area contributed by atoms with Crippen molar-refractivity contribution in [3.05, 3.63) is 59.7 Å². The fourth-order valence-electron chi connectivity index (χ4n) is 2.08. The van der Waals surface area contributed by atoms with Gasteiger partial charge in [-0.15, -0.1) is 0 Å². The van der Waals surface area contributed by atoms with Crippen molar-refractivity contribution in [2.45, 2.75) is 25.9 Å². The number of hydrogen-bond donors (Lipinski definition) is 1. The summed E-state index contributed by atoms with van der Waals surface area (Å²) in [5.74, 6) is 0.345. The molecule has 0 aliphatic rings. The van der Waals surface area contributed by atoms with Gasteiger partial charge in [0.05, 0.1) is 5.56 Å². The third kappa shape index (κ3) is 5.01. The summed E-state index contributed by atoms with van der Waals surface area (Å²) < 4.78 is 43.3. The highest BCUT2D eigenvalue weighted by molar-refractivity contribution is 5.91. The van der Waals surface area contributed by atoms with Crippen molar-refractivity contribution in [3.8, 4) is 5.75 Å². The molecular formula is C18H18F3NO2. The van der Waals surface area contributed by atoms with Crippen LogP contribution in [0.5, 0.6) is 5.75 Å². The fraction of sp³-hybridized carbons (Fsp3) is 0.278. The van der Waals surface area contributed by atoms with E-state index in [2.05, 4.69) is 5.32 Å². The summed E-state index contributed by atoms with van der Waals surface area (Å²) in [4.78, 5) is 11.8. The van der Waals surface area contributed by atoms with Crippen LogP contribution in [0.25, 0.3) is 0 Å². The number of carbonyl (C=O) groups excluding carboxylic acids is 1. The first-order valence-electron chi connectivity index (χ1n) is 7.45. The second-order valence-electron chi connectivity index (χ2n) is 5.64. The minimum atomic E-state index is -4.45. The predicted molar refractivity (Wildman–Crippen MR) is 86.1 cm³/mol. The SMILES string of the molecule is CC(C)c1cccc(OCC(=O)Nc2cccc(C(F)(F)F)c2)c1. The van der Waals surface area contributed by atoms with Gasteiger partial charge in [-0.2, -0.15) is 13.2 Å². The zero-order valence-corrected chi connectivity index (χ0v) is 13.4. The van der Waals surface area contributed by atoms with Crippen LogP contribution in [0.1, 0.15) is 30.9 Å². The molecule has 1 N–H and O–H groups in total. The van der Waals surface area contributed by atoms with Gasteiger partial charge in [0.25, 0.3) is 5.91 Å². The molecule has 0 aliphatic carbocycles. The zero-order chi connectivity index (χ0) is 17.7. The van der Waals surface area contributed by atoms with Crippen molar-refractivity contribution in [2.75, 3.05) is 11.9 Å². The van der Waals surface area contributed by atoms with Gasteiger partial charge in [0.2, 0.25) is 0 Å². The maximum Gasteiger partial charge on any atom is 0.416 e. The minimum absolute atomic E-state index is 0.0781. The molecule has 0 spiro atoms. The lowest BCUT2D eigenvalue weighted by molar-refractivity contribution is -0.137. The lowest BCUT2D eigenvalue weighted by Gasteiger charge is -2.11. The number of rotatable bonds is 5. The molecule has 24 heavy (non-hydrogen) atoms. The Morgan fingerprint density at radius 3 is 2.50 bits per heavy atom. The highest BCUT2D eigenvalue weighted by Gasteiger charge is 2.30. The number of alkyl halides is 3. The Kier molecular flexibility index (Phi) is 5.49. The topological polar surface area (TPSA) is 38.3 Å². The number of halogens is 3. The van der Waals surface area contributed by atoms with Gasteiger partial charge in [-0.1, -0.05) is 32.0 Å². The molecule has 0 saturated heterocycles. The molecule has 0 radical (unpaired) electrons. The second-order valence-corrected chi connectivity index (χ2v) is 5.64. The molecule has 2 rings (SSSR count). The standard InChI is InChI=1S/C18H18F3NO2/c1-12(2)13-5-3-8-16(9-13)24-11-17(23)22-15-7-4-6-14(10-15)18(19,20)21/h3-10,12H,11H2,1-2H3,(H,22,23). The van der Waals surface area contributed by atoms with Crippen LogP contribution in [0.2, 0.25) is 0 Å². The normalized spacial score (nSPS) is 11.4. The summed E-state index contributed by atoms with van der Waals surface area (Å²) in [7, 11) is 0. The molecule has 0 atom stereocenters. The zero-order valence-electron chi connectivity index (χ0n) is 13.4. The lowest BCUT2D eigenvalue weighted by Crippen LogP contribution is -2.20. The summed E-state index contributed by atoms with van der Waals surface area (Å²) in [5.41, 5.74) is 0.339. The van der Waals surface area contributed by atoms with E-state index in [1.807, 2.05) is 32.0 Å². The fourth-order valence-corrected chi connectivity index (χ4v) is 2.08. The van der Waals surface area contributed by atoms with Gasteiger partial charge in [0, 0.05) is 5.69 Å². The molecule has 0 aromatic heterocycles. The average Bonchev–Trinajstić information content (AvgIpc) is 2.52. The van der Waals surface area contributed by atoms with Crippen LogP contribution in [-0.4, -0.2) is 12.5 Å². The van der Waals surface area contributed by atoms with E-state index < -0.39 is 17.6 Å². The molecule has 0 saturated carbocycles. The Morgan fingerprint density at radius 2 is 1.83 bits per heavy atom. The van der Waals surface area contributed by atoms with E-state index in [-0.39, 0.29) is 12.3 Å². The molecule has 0 heterocycles. The van der Waals surface area contributed by atoms with E-state index >= 15 is 0 Å². The Labute approximate surface area is 138 Å². The van der Waals surface area contributed by atoms with E-state index in [0.717, 1.165) is 17.7 Å². The molecular weight excluding hydrogens is 319 g/mol. The second kappa shape index (κ2) is 7.38. The smallest absolute Gasteiger partial charge is 0.416 e. The summed E-state index contributed by atoms with van der Waals surface area (Å²) >= 11 is 0. The maximum absolute atomic E-state index is 12.6. The van der Waals surface area contributed by atoms with E-state index in [0.29, 0.717) is 11.7 Å². The molecule has 128 valence electrons. The third-order valence-electron chi connectivity index (χ3n) is 3.37. The van der Waals surface area contributed by atoms with Gasteiger partial charge in [0.1, 0.15) is 5.75 Å². The van der Waals surface area contributed by atoms with Crippen molar-refractivity contribution in [1.82, 2.24) is 0 Å². The first-order chi connectivity index (χ1) is 11.3. The maximum atomic E-state index is 12.6. The van der Waals surface area contributed by atoms with Gasteiger partial charge in [-0.25, -0.2) is 0 Å². The first kappa shape index (κ1) is 17.8. The summed E-state index contributed by atoms with van der Waals surface area (Å²) in [6.45, 7) is 3.80. The molecule has 6 heteroatoms. The number of amides is 1. The quantitative estimate of drug-likeness (QED) is 0.847. The Balaban J connectivity index is 1.95. The molecule has 2 aromatic rings. The molecule has 3 nitrogen and oxygen atoms in total. The van der Waals surface area contributed by atoms with Crippen LogP contribution in [0.15, 0.2) is 48.5 Å². The summed E-state index contributed by atoms with van der Waals surface area (Å²) in [6.07, 6.45) is -4.45. The van der Waals surface area contributed by atoms with E-state index in [4.69, 9.17) is 4.74 Å². The number of anilines is 1. The first-order valence-corrected chi connectivity index (χ1v) is 7.45. The number of benzene rings is 2. The Bertz CT molecular complexity index is 711. The van der Waals surface area contributed by atoms with Crippen molar-refractivity contribution < 1.29 is 22.7 Å². The number of hydrogen-bond acceptors (Lipinski definition) is 2. The number of ether oxygens (including phenoxy) is 1. The van der Waals surface area contributed by atoms with E-state index in [9.17, 15) is 18.0 Å². The van der Waals surface area contributed by atoms with Crippen molar-refractivity contribution in [3.63, 3.8) is 0 Å².